The van der Waals surface area contributed by atoms with Gasteiger partial charge in [0.25, 0.3) is 0 Å². The minimum Gasteiger partial charge on any atom is -0.549 e. The van der Waals surface area contributed by atoms with Crippen molar-refractivity contribution in [3.63, 3.8) is 0 Å². The van der Waals surface area contributed by atoms with E-state index in [1.807, 2.05) is 35.2 Å². The summed E-state index contributed by atoms with van der Waals surface area (Å²) in [6, 6.07) is 9.83. The zero-order valence-corrected chi connectivity index (χ0v) is 10.7. The van der Waals surface area contributed by atoms with Crippen LogP contribution in [0.4, 0.5) is 0 Å². The SMILES string of the molecule is Cl.O=C([O-])C1CCN(Cc2ccccc2)CC1=O. The molecule has 18 heavy (non-hydrogen) atoms. The van der Waals surface area contributed by atoms with Gasteiger partial charge in [-0.3, -0.25) is 9.69 Å². The first-order chi connectivity index (χ1) is 8.16. The molecule has 1 aliphatic heterocycles. The monoisotopic (exact) mass is 268 g/mol. The van der Waals surface area contributed by atoms with E-state index in [-0.39, 0.29) is 24.7 Å². The second-order valence-corrected chi connectivity index (χ2v) is 4.32. The highest BCUT2D eigenvalue weighted by Crippen LogP contribution is 2.15. The Hall–Kier alpha value is -1.39. The van der Waals surface area contributed by atoms with Crippen LogP contribution in [0, 0.1) is 5.92 Å². The fourth-order valence-electron chi connectivity index (χ4n) is 2.11. The smallest absolute Gasteiger partial charge is 0.155 e. The molecule has 2 rings (SSSR count). The largest absolute Gasteiger partial charge is 0.549 e. The number of hydrogen-bond acceptors (Lipinski definition) is 4. The third-order valence-corrected chi connectivity index (χ3v) is 3.04. The van der Waals surface area contributed by atoms with Gasteiger partial charge in [-0.05, 0) is 12.0 Å². The van der Waals surface area contributed by atoms with Crippen LogP contribution in [0.1, 0.15) is 12.0 Å². The maximum atomic E-state index is 11.6. The standard InChI is InChI=1S/C13H15NO3.ClH/c15-12-9-14(7-6-11(12)13(16)17)8-10-4-2-1-3-5-10;/h1-5,11H,6-9H2,(H,16,17);1H/p-1. The topological polar surface area (TPSA) is 60.4 Å². The van der Waals surface area contributed by atoms with Crippen molar-refractivity contribution in [3.8, 4) is 0 Å². The molecule has 0 radical (unpaired) electrons. The number of carbonyl (C=O) groups excluding carboxylic acids is 2. The number of Topliss-reactive ketones (excluding diaryl/α,β-unsaturated/α-hetero) is 1. The Bertz CT molecular complexity index is 422. The van der Waals surface area contributed by atoms with E-state index in [0.29, 0.717) is 19.5 Å². The predicted molar refractivity (Wildman–Crippen MR) is 67.1 cm³/mol. The normalized spacial score (nSPS) is 20.2. The Kier molecular flexibility index (Phi) is 5.31. The molecular weight excluding hydrogens is 254 g/mol. The number of likely N-dealkylation sites (tertiary alicyclic amines) is 1. The van der Waals surface area contributed by atoms with E-state index < -0.39 is 11.9 Å². The van der Waals surface area contributed by atoms with E-state index in [4.69, 9.17) is 0 Å². The summed E-state index contributed by atoms with van der Waals surface area (Å²) in [5.74, 6) is -2.40. The molecule has 5 heteroatoms. The summed E-state index contributed by atoms with van der Waals surface area (Å²) in [5, 5.41) is 10.7. The Labute approximate surface area is 112 Å². The lowest BCUT2D eigenvalue weighted by molar-refractivity contribution is -0.310. The van der Waals surface area contributed by atoms with Gasteiger partial charge in [0.1, 0.15) is 0 Å². The van der Waals surface area contributed by atoms with Gasteiger partial charge in [-0.1, -0.05) is 30.3 Å². The van der Waals surface area contributed by atoms with Crippen LogP contribution in [0.15, 0.2) is 30.3 Å². The number of rotatable bonds is 3. The van der Waals surface area contributed by atoms with Gasteiger partial charge in [0.2, 0.25) is 0 Å². The Morgan fingerprint density at radius 3 is 2.56 bits per heavy atom. The number of ketones is 1. The molecule has 1 aliphatic rings. The van der Waals surface area contributed by atoms with E-state index in [1.165, 1.54) is 0 Å². The minimum atomic E-state index is -1.24. The molecule has 0 N–H and O–H groups in total. The quantitative estimate of drug-likeness (QED) is 0.738. The van der Waals surface area contributed by atoms with Gasteiger partial charge >= 0.3 is 0 Å². The first kappa shape index (κ1) is 14.7. The number of carboxylic acids is 1. The summed E-state index contributed by atoms with van der Waals surface area (Å²) in [4.78, 5) is 24.2. The van der Waals surface area contributed by atoms with Crippen LogP contribution < -0.4 is 5.11 Å². The molecule has 0 amide bonds. The number of carbonyl (C=O) groups is 2. The molecule has 1 unspecified atom stereocenters. The molecule has 1 saturated heterocycles. The molecule has 1 fully saturated rings. The number of hydrogen-bond donors (Lipinski definition) is 0. The lowest BCUT2D eigenvalue weighted by Gasteiger charge is -2.31. The fraction of sp³-hybridized carbons (Fsp3) is 0.385. The Morgan fingerprint density at radius 2 is 2.00 bits per heavy atom. The summed E-state index contributed by atoms with van der Waals surface area (Å²) in [7, 11) is 0. The van der Waals surface area contributed by atoms with Crippen LogP contribution in [0.2, 0.25) is 0 Å². The minimum absolute atomic E-state index is 0. The average Bonchev–Trinajstić information content (AvgIpc) is 2.30. The molecule has 1 heterocycles. The number of benzene rings is 1. The van der Waals surface area contributed by atoms with Crippen LogP contribution in [0.5, 0.6) is 0 Å². The molecule has 1 aromatic rings. The maximum absolute atomic E-state index is 11.6. The highest BCUT2D eigenvalue weighted by molar-refractivity contribution is 5.98. The second-order valence-electron chi connectivity index (χ2n) is 4.32. The third-order valence-electron chi connectivity index (χ3n) is 3.04. The Morgan fingerprint density at radius 1 is 1.33 bits per heavy atom. The molecule has 4 nitrogen and oxygen atoms in total. The molecule has 1 atom stereocenters. The van der Waals surface area contributed by atoms with Crippen molar-refractivity contribution in [1.29, 1.82) is 0 Å². The van der Waals surface area contributed by atoms with Gasteiger partial charge in [0, 0.05) is 13.1 Å². The van der Waals surface area contributed by atoms with E-state index in [1.54, 1.807) is 0 Å². The number of piperidine rings is 1. The van der Waals surface area contributed by atoms with Crippen LogP contribution in [-0.2, 0) is 16.1 Å². The van der Waals surface area contributed by atoms with Gasteiger partial charge in [0.15, 0.2) is 5.78 Å². The first-order valence-corrected chi connectivity index (χ1v) is 5.66. The zero-order valence-electron chi connectivity index (χ0n) is 9.87. The number of halogens is 1. The molecule has 1 aromatic carbocycles. The van der Waals surface area contributed by atoms with Gasteiger partial charge in [-0.2, -0.15) is 0 Å². The third kappa shape index (κ3) is 3.55. The zero-order chi connectivity index (χ0) is 12.3. The highest BCUT2D eigenvalue weighted by atomic mass is 35.5. The molecule has 98 valence electrons. The second kappa shape index (κ2) is 6.52. The summed E-state index contributed by atoms with van der Waals surface area (Å²) in [6.45, 7) is 1.51. The molecular formula is C13H15ClNO3-. The molecule has 0 bridgehead atoms. The summed E-state index contributed by atoms with van der Waals surface area (Å²) < 4.78 is 0. The Balaban J connectivity index is 0.00000162. The van der Waals surface area contributed by atoms with E-state index >= 15 is 0 Å². The van der Waals surface area contributed by atoms with E-state index in [2.05, 4.69) is 0 Å². The van der Waals surface area contributed by atoms with Crippen molar-refractivity contribution in [1.82, 2.24) is 4.90 Å². The summed E-state index contributed by atoms with van der Waals surface area (Å²) in [6.07, 6.45) is 0.355. The van der Waals surface area contributed by atoms with Gasteiger partial charge in [-0.15, -0.1) is 12.4 Å². The van der Waals surface area contributed by atoms with Crippen LogP contribution >= 0.6 is 12.4 Å². The van der Waals surface area contributed by atoms with Crippen molar-refractivity contribution in [2.45, 2.75) is 13.0 Å². The fourth-order valence-corrected chi connectivity index (χ4v) is 2.11. The lowest BCUT2D eigenvalue weighted by Crippen LogP contribution is -2.47. The van der Waals surface area contributed by atoms with Crippen molar-refractivity contribution < 1.29 is 14.7 Å². The summed E-state index contributed by atoms with van der Waals surface area (Å²) in [5.41, 5.74) is 1.13. The van der Waals surface area contributed by atoms with E-state index in [9.17, 15) is 14.7 Å². The summed E-state index contributed by atoms with van der Waals surface area (Å²) >= 11 is 0. The number of nitrogens with zero attached hydrogens (tertiary/aromatic N) is 1. The van der Waals surface area contributed by atoms with Crippen molar-refractivity contribution in [3.05, 3.63) is 35.9 Å². The highest BCUT2D eigenvalue weighted by Gasteiger charge is 2.27. The van der Waals surface area contributed by atoms with Crippen LogP contribution in [-0.4, -0.2) is 29.7 Å². The molecule has 0 aliphatic carbocycles. The number of aliphatic carboxylic acids is 1. The molecule has 0 spiro atoms. The average molecular weight is 269 g/mol. The van der Waals surface area contributed by atoms with Gasteiger partial charge in [0.05, 0.1) is 18.4 Å². The number of carboxylic acid groups (broad SMARTS) is 1. The van der Waals surface area contributed by atoms with Gasteiger partial charge < -0.3 is 9.90 Å². The van der Waals surface area contributed by atoms with E-state index in [0.717, 1.165) is 5.56 Å². The van der Waals surface area contributed by atoms with Crippen molar-refractivity contribution in [2.24, 2.45) is 5.92 Å². The molecule has 0 aromatic heterocycles. The van der Waals surface area contributed by atoms with Gasteiger partial charge in [-0.25, -0.2) is 0 Å². The molecule has 0 saturated carbocycles. The maximum Gasteiger partial charge on any atom is 0.155 e. The first-order valence-electron chi connectivity index (χ1n) is 5.66. The van der Waals surface area contributed by atoms with Crippen LogP contribution in [0.25, 0.3) is 0 Å². The predicted octanol–water partition coefficient (Wildman–Crippen LogP) is 0.249. The van der Waals surface area contributed by atoms with Crippen LogP contribution in [0.3, 0.4) is 0 Å². The lowest BCUT2D eigenvalue weighted by atomic mass is 9.95. The van der Waals surface area contributed by atoms with Crippen molar-refractivity contribution in [2.75, 3.05) is 13.1 Å². The van der Waals surface area contributed by atoms with Crippen molar-refractivity contribution >= 4 is 24.2 Å².